The predicted molar refractivity (Wildman–Crippen MR) is 40.1 cm³/mol. The van der Waals surface area contributed by atoms with Crippen molar-refractivity contribution in [1.29, 1.82) is 0 Å². The Morgan fingerprint density at radius 1 is 1.31 bits per heavy atom. The van der Waals surface area contributed by atoms with Gasteiger partial charge in [0.1, 0.15) is 16.5 Å². The molecular weight excluding hydrogens is 205 g/mol. The topological polar surface area (TPSA) is 37.3 Å². The van der Waals surface area contributed by atoms with Crippen molar-refractivity contribution in [3.05, 3.63) is 29.1 Å². The van der Waals surface area contributed by atoms with Crippen LogP contribution >= 0.6 is 0 Å². The van der Waals surface area contributed by atoms with E-state index in [1.54, 1.807) is 0 Å². The molecule has 0 radical (unpaired) electrons. The minimum Gasteiger partial charge on any atom is -0.302 e. The van der Waals surface area contributed by atoms with Crippen LogP contribution in [0.15, 0.2) is 11.0 Å². The van der Waals surface area contributed by atoms with E-state index in [4.69, 9.17) is 4.55 Å². The van der Waals surface area contributed by atoms with Crippen LogP contribution in [0.5, 0.6) is 0 Å². The highest BCUT2D eigenvalue weighted by atomic mass is 32.2. The highest BCUT2D eigenvalue weighted by Crippen LogP contribution is 2.21. The summed E-state index contributed by atoms with van der Waals surface area (Å²) in [4.78, 5) is -1.01. The van der Waals surface area contributed by atoms with Crippen LogP contribution in [0.2, 0.25) is 0 Å². The number of hydrogen-bond donors (Lipinski definition) is 1. The molecule has 6 heteroatoms. The van der Waals surface area contributed by atoms with Gasteiger partial charge in [0.2, 0.25) is 0 Å². The number of benzene rings is 1. The van der Waals surface area contributed by atoms with Gasteiger partial charge in [0.15, 0.2) is 16.9 Å². The molecule has 1 unspecified atom stereocenters. The summed E-state index contributed by atoms with van der Waals surface area (Å²) in [7, 11) is 0. The standard InChI is InChI=1S/C7H5F3O2S/c1-3-4(8)2-5(9)7(6(3)10)13(11)12/h2H,1H3,(H,11,12). The zero-order chi connectivity index (χ0) is 10.2. The molecule has 0 aromatic heterocycles. The molecule has 0 aliphatic heterocycles. The van der Waals surface area contributed by atoms with Gasteiger partial charge in [-0.2, -0.15) is 0 Å². The van der Waals surface area contributed by atoms with Crippen LogP contribution < -0.4 is 0 Å². The second kappa shape index (κ2) is 3.47. The Morgan fingerprint density at radius 3 is 2.31 bits per heavy atom. The van der Waals surface area contributed by atoms with Gasteiger partial charge >= 0.3 is 0 Å². The molecule has 0 fully saturated rings. The molecule has 0 saturated carbocycles. The van der Waals surface area contributed by atoms with E-state index in [9.17, 15) is 17.4 Å². The average molecular weight is 210 g/mol. The maximum atomic E-state index is 12.9. The second-order valence-corrected chi connectivity index (χ2v) is 3.26. The van der Waals surface area contributed by atoms with Gasteiger partial charge in [-0.1, -0.05) is 0 Å². The summed E-state index contributed by atoms with van der Waals surface area (Å²) in [6.07, 6.45) is 0. The summed E-state index contributed by atoms with van der Waals surface area (Å²) in [6, 6.07) is 0.377. The lowest BCUT2D eigenvalue weighted by molar-refractivity contribution is 0.482. The normalized spacial score (nSPS) is 13.0. The first kappa shape index (κ1) is 10.2. The largest absolute Gasteiger partial charge is 0.302 e. The molecule has 0 spiro atoms. The monoisotopic (exact) mass is 210 g/mol. The summed E-state index contributed by atoms with van der Waals surface area (Å²) in [5, 5.41) is 0. The fourth-order valence-electron chi connectivity index (χ4n) is 0.825. The van der Waals surface area contributed by atoms with Gasteiger partial charge in [-0.25, -0.2) is 17.4 Å². The second-order valence-electron chi connectivity index (χ2n) is 2.36. The van der Waals surface area contributed by atoms with Crippen molar-refractivity contribution >= 4 is 11.1 Å². The Bertz CT molecular complexity index is 378. The van der Waals surface area contributed by atoms with Crippen LogP contribution in [-0.2, 0) is 11.1 Å². The van der Waals surface area contributed by atoms with Crippen LogP contribution in [0.3, 0.4) is 0 Å². The number of rotatable bonds is 1. The molecular formula is C7H5F3O2S. The van der Waals surface area contributed by atoms with Gasteiger partial charge in [0.25, 0.3) is 0 Å². The fraction of sp³-hybridized carbons (Fsp3) is 0.143. The average Bonchev–Trinajstić information content (AvgIpc) is 1.99. The van der Waals surface area contributed by atoms with Gasteiger partial charge < -0.3 is 4.55 Å². The lowest BCUT2D eigenvalue weighted by atomic mass is 10.2. The minimum atomic E-state index is -2.79. The van der Waals surface area contributed by atoms with E-state index < -0.39 is 39.0 Å². The van der Waals surface area contributed by atoms with Crippen LogP contribution in [0.25, 0.3) is 0 Å². The summed E-state index contributed by atoms with van der Waals surface area (Å²) < 4.78 is 57.2. The zero-order valence-electron chi connectivity index (χ0n) is 6.47. The summed E-state index contributed by atoms with van der Waals surface area (Å²) in [5.41, 5.74) is -0.473. The number of halogens is 3. The Morgan fingerprint density at radius 2 is 1.85 bits per heavy atom. The molecule has 1 aromatic rings. The van der Waals surface area contributed by atoms with Crippen molar-refractivity contribution in [2.45, 2.75) is 11.8 Å². The molecule has 0 heterocycles. The van der Waals surface area contributed by atoms with Gasteiger partial charge in [-0.3, -0.25) is 0 Å². The highest BCUT2D eigenvalue weighted by Gasteiger charge is 2.19. The van der Waals surface area contributed by atoms with Crippen molar-refractivity contribution in [1.82, 2.24) is 0 Å². The Balaban J connectivity index is 3.53. The third kappa shape index (κ3) is 1.73. The van der Waals surface area contributed by atoms with Crippen LogP contribution in [0, 0.1) is 24.4 Å². The highest BCUT2D eigenvalue weighted by molar-refractivity contribution is 7.79. The van der Waals surface area contributed by atoms with E-state index in [-0.39, 0.29) is 0 Å². The van der Waals surface area contributed by atoms with Crippen molar-refractivity contribution < 1.29 is 21.9 Å². The Kier molecular flexibility index (Phi) is 2.72. The van der Waals surface area contributed by atoms with Crippen LogP contribution in [0.4, 0.5) is 13.2 Å². The maximum Gasteiger partial charge on any atom is 0.192 e. The van der Waals surface area contributed by atoms with Gasteiger partial charge in [0, 0.05) is 11.6 Å². The van der Waals surface area contributed by atoms with Crippen LogP contribution in [-0.4, -0.2) is 8.76 Å². The van der Waals surface area contributed by atoms with Crippen molar-refractivity contribution in [3.8, 4) is 0 Å². The molecule has 0 amide bonds. The zero-order valence-corrected chi connectivity index (χ0v) is 7.29. The molecule has 1 atom stereocenters. The van der Waals surface area contributed by atoms with Crippen LogP contribution in [0.1, 0.15) is 5.56 Å². The summed E-state index contributed by atoms with van der Waals surface area (Å²) in [6.45, 7) is 1.06. The molecule has 0 aliphatic carbocycles. The molecule has 0 bridgehead atoms. The molecule has 1 rings (SSSR count). The van der Waals surface area contributed by atoms with E-state index in [0.717, 1.165) is 6.92 Å². The third-order valence-corrected chi connectivity index (χ3v) is 2.26. The third-order valence-electron chi connectivity index (χ3n) is 1.53. The minimum absolute atomic E-state index is 0.377. The first-order valence-corrected chi connectivity index (χ1v) is 4.30. The van der Waals surface area contributed by atoms with Gasteiger partial charge in [-0.05, 0) is 6.92 Å². The molecule has 0 aliphatic rings. The van der Waals surface area contributed by atoms with E-state index in [1.165, 1.54) is 0 Å². The van der Waals surface area contributed by atoms with E-state index in [0.29, 0.717) is 6.07 Å². The lowest BCUT2D eigenvalue weighted by Crippen LogP contribution is -2.02. The van der Waals surface area contributed by atoms with Crippen molar-refractivity contribution in [3.63, 3.8) is 0 Å². The summed E-state index contributed by atoms with van der Waals surface area (Å²) >= 11 is -2.79. The first-order chi connectivity index (χ1) is 5.95. The van der Waals surface area contributed by atoms with E-state index >= 15 is 0 Å². The quantitative estimate of drug-likeness (QED) is 0.720. The molecule has 0 saturated heterocycles. The van der Waals surface area contributed by atoms with E-state index in [2.05, 4.69) is 0 Å². The molecule has 2 nitrogen and oxygen atoms in total. The lowest BCUT2D eigenvalue weighted by Gasteiger charge is -2.03. The smallest absolute Gasteiger partial charge is 0.192 e. The molecule has 1 N–H and O–H groups in total. The van der Waals surface area contributed by atoms with Gasteiger partial charge in [-0.15, -0.1) is 0 Å². The molecule has 72 valence electrons. The predicted octanol–water partition coefficient (Wildman–Crippen LogP) is 1.99. The van der Waals surface area contributed by atoms with Crippen molar-refractivity contribution in [2.75, 3.05) is 0 Å². The van der Waals surface area contributed by atoms with Crippen molar-refractivity contribution in [2.24, 2.45) is 0 Å². The first-order valence-electron chi connectivity index (χ1n) is 3.20. The Labute approximate surface area is 74.7 Å². The van der Waals surface area contributed by atoms with E-state index in [1.807, 2.05) is 0 Å². The molecule has 13 heavy (non-hydrogen) atoms. The Hall–Kier alpha value is -0.880. The maximum absolute atomic E-state index is 12.9. The molecule has 1 aromatic carbocycles. The summed E-state index contributed by atoms with van der Waals surface area (Å²) in [5.74, 6) is -3.76. The SMILES string of the molecule is Cc1c(F)cc(F)c(S(=O)O)c1F. The van der Waals surface area contributed by atoms with Gasteiger partial charge in [0.05, 0.1) is 0 Å². The fourth-order valence-corrected chi connectivity index (χ4v) is 1.36. The number of hydrogen-bond acceptors (Lipinski definition) is 1.